The average Bonchev–Trinajstić information content (AvgIpc) is 3.54. The van der Waals surface area contributed by atoms with Crippen molar-refractivity contribution in [1.29, 1.82) is 5.26 Å². The van der Waals surface area contributed by atoms with Crippen molar-refractivity contribution in [2.24, 2.45) is 0 Å². The zero-order valence-electron chi connectivity index (χ0n) is 27.6. The van der Waals surface area contributed by atoms with Crippen LogP contribution in [0.5, 0.6) is 0 Å². The maximum absolute atomic E-state index is 10.3. The predicted molar refractivity (Wildman–Crippen MR) is 211 cm³/mol. The fourth-order valence-corrected chi connectivity index (χ4v) is 7.95. The Bertz CT molecular complexity index is 2790. The van der Waals surface area contributed by atoms with Crippen molar-refractivity contribution in [2.75, 3.05) is 0 Å². The molecule has 234 valence electrons. The fourth-order valence-electron chi connectivity index (χ4n) is 7.95. The summed E-state index contributed by atoms with van der Waals surface area (Å²) in [4.78, 5) is 0. The van der Waals surface area contributed by atoms with E-state index in [1.165, 1.54) is 21.9 Å². The van der Waals surface area contributed by atoms with E-state index >= 15 is 0 Å². The SMILES string of the molecule is C=C(c1oc2cccc(-c3c4ccccc4c(C#N)c4ccccc34)c2c1/C=C\C)c1c2ccccc2c(-c2ccccc2)c2ccccc12. The van der Waals surface area contributed by atoms with Crippen molar-refractivity contribution in [3.05, 3.63) is 181 Å². The first-order chi connectivity index (χ1) is 24.7. The number of furan rings is 1. The first-order valence-electron chi connectivity index (χ1n) is 16.9. The molecule has 9 rings (SSSR count). The largest absolute Gasteiger partial charge is 0.455 e. The smallest absolute Gasteiger partial charge is 0.142 e. The Morgan fingerprint density at radius 1 is 0.580 bits per heavy atom. The molecule has 0 aliphatic heterocycles. The van der Waals surface area contributed by atoms with Crippen LogP contribution in [0.15, 0.2) is 163 Å². The molecular weight excluding hydrogens is 607 g/mol. The van der Waals surface area contributed by atoms with E-state index in [4.69, 9.17) is 11.0 Å². The van der Waals surface area contributed by atoms with Crippen molar-refractivity contribution in [1.82, 2.24) is 0 Å². The van der Waals surface area contributed by atoms with Gasteiger partial charge >= 0.3 is 0 Å². The van der Waals surface area contributed by atoms with Gasteiger partial charge in [-0.15, -0.1) is 0 Å². The Labute approximate surface area is 290 Å². The second kappa shape index (κ2) is 11.8. The molecule has 8 aromatic carbocycles. The summed E-state index contributed by atoms with van der Waals surface area (Å²) in [5, 5.41) is 19.9. The van der Waals surface area contributed by atoms with Gasteiger partial charge in [0.05, 0.1) is 5.56 Å². The topological polar surface area (TPSA) is 36.9 Å². The van der Waals surface area contributed by atoms with Crippen LogP contribution in [0.2, 0.25) is 0 Å². The molecule has 0 N–H and O–H groups in total. The van der Waals surface area contributed by atoms with Crippen LogP contribution in [-0.2, 0) is 0 Å². The minimum absolute atomic E-state index is 0.694. The molecule has 0 spiro atoms. The summed E-state index contributed by atoms with van der Waals surface area (Å²) >= 11 is 0. The van der Waals surface area contributed by atoms with E-state index in [9.17, 15) is 5.26 Å². The molecule has 0 radical (unpaired) electrons. The molecule has 1 aromatic heterocycles. The third kappa shape index (κ3) is 4.34. The molecule has 9 aromatic rings. The van der Waals surface area contributed by atoms with Gasteiger partial charge in [0.1, 0.15) is 17.4 Å². The number of fused-ring (bicyclic) bond motifs is 5. The second-order valence-corrected chi connectivity index (χ2v) is 12.7. The highest BCUT2D eigenvalue weighted by atomic mass is 16.3. The summed E-state index contributed by atoms with van der Waals surface area (Å²) in [6, 6.07) is 53.1. The van der Waals surface area contributed by atoms with Gasteiger partial charge in [0.15, 0.2) is 0 Å². The van der Waals surface area contributed by atoms with Gasteiger partial charge in [-0.1, -0.05) is 158 Å². The molecule has 0 fully saturated rings. The van der Waals surface area contributed by atoms with Crippen molar-refractivity contribution in [2.45, 2.75) is 6.92 Å². The minimum Gasteiger partial charge on any atom is -0.455 e. The van der Waals surface area contributed by atoms with E-state index in [0.717, 1.165) is 76.9 Å². The van der Waals surface area contributed by atoms with Crippen LogP contribution in [0.1, 0.15) is 29.4 Å². The highest BCUT2D eigenvalue weighted by Gasteiger charge is 2.25. The van der Waals surface area contributed by atoms with Crippen LogP contribution in [0.25, 0.3) is 88.0 Å². The lowest BCUT2D eigenvalue weighted by atomic mass is 9.84. The molecule has 0 aliphatic carbocycles. The minimum atomic E-state index is 0.694. The number of rotatable bonds is 5. The maximum atomic E-state index is 10.3. The number of allylic oxidation sites excluding steroid dienone is 1. The molecule has 2 nitrogen and oxygen atoms in total. The Hall–Kier alpha value is -6.69. The first kappa shape index (κ1) is 29.4. The average molecular weight is 638 g/mol. The molecule has 0 bridgehead atoms. The van der Waals surface area contributed by atoms with Gasteiger partial charge in [-0.3, -0.25) is 0 Å². The Balaban J connectivity index is 1.37. The maximum Gasteiger partial charge on any atom is 0.142 e. The van der Waals surface area contributed by atoms with Gasteiger partial charge in [0.2, 0.25) is 0 Å². The van der Waals surface area contributed by atoms with E-state index < -0.39 is 0 Å². The molecule has 0 atom stereocenters. The standard InChI is InChI=1S/C48H31NO/c1-3-16-41-47-40(46-34-21-9-7-19-32(34)42(29-49)33-20-8-10-22-35(33)46)27-15-28-43(47)50-48(41)30(2)44-36-23-11-13-25-38(36)45(31-17-5-4-6-18-31)39-26-14-12-24-37(39)44/h3-28H,2H2,1H3/b16-3-. The van der Waals surface area contributed by atoms with Crippen LogP contribution in [-0.4, -0.2) is 0 Å². The van der Waals surface area contributed by atoms with Gasteiger partial charge in [-0.2, -0.15) is 5.26 Å². The molecule has 50 heavy (non-hydrogen) atoms. The first-order valence-corrected chi connectivity index (χ1v) is 16.9. The van der Waals surface area contributed by atoms with Crippen LogP contribution in [0.3, 0.4) is 0 Å². The Morgan fingerprint density at radius 2 is 1.08 bits per heavy atom. The molecule has 0 aliphatic rings. The van der Waals surface area contributed by atoms with Crippen molar-refractivity contribution < 1.29 is 4.42 Å². The Morgan fingerprint density at radius 3 is 1.62 bits per heavy atom. The zero-order valence-corrected chi connectivity index (χ0v) is 27.6. The third-order valence-electron chi connectivity index (χ3n) is 9.97. The molecule has 2 heteroatoms. The van der Waals surface area contributed by atoms with E-state index in [1.807, 2.05) is 37.3 Å². The molecule has 0 amide bonds. The summed E-state index contributed by atoms with van der Waals surface area (Å²) in [5.41, 5.74) is 8.92. The summed E-state index contributed by atoms with van der Waals surface area (Å²) in [6.07, 6.45) is 4.22. The lowest BCUT2D eigenvalue weighted by molar-refractivity contribution is 0.600. The van der Waals surface area contributed by atoms with E-state index in [0.29, 0.717) is 5.56 Å². The van der Waals surface area contributed by atoms with Gasteiger partial charge in [-0.25, -0.2) is 0 Å². The number of nitriles is 1. The van der Waals surface area contributed by atoms with Crippen LogP contribution in [0, 0.1) is 11.3 Å². The lowest BCUT2D eigenvalue weighted by Gasteiger charge is -2.18. The van der Waals surface area contributed by atoms with Gasteiger partial charge < -0.3 is 4.42 Å². The summed E-state index contributed by atoms with van der Waals surface area (Å²) in [6.45, 7) is 6.84. The molecule has 0 unspecified atom stereocenters. The van der Waals surface area contributed by atoms with Crippen molar-refractivity contribution in [3.8, 4) is 28.3 Å². The summed E-state index contributed by atoms with van der Waals surface area (Å²) < 4.78 is 6.91. The van der Waals surface area contributed by atoms with Gasteiger partial charge in [0, 0.05) is 32.9 Å². The van der Waals surface area contributed by atoms with E-state index in [2.05, 4.69) is 133 Å². The molecular formula is C48H31NO. The van der Waals surface area contributed by atoms with Crippen molar-refractivity contribution >= 4 is 65.7 Å². The van der Waals surface area contributed by atoms with Gasteiger partial charge in [-0.05, 0) is 67.6 Å². The van der Waals surface area contributed by atoms with Crippen LogP contribution < -0.4 is 0 Å². The zero-order chi connectivity index (χ0) is 33.8. The van der Waals surface area contributed by atoms with Crippen LogP contribution >= 0.6 is 0 Å². The summed E-state index contributed by atoms with van der Waals surface area (Å²) in [7, 11) is 0. The normalized spacial score (nSPS) is 11.7. The molecule has 0 saturated carbocycles. The lowest BCUT2D eigenvalue weighted by Crippen LogP contribution is -1.95. The number of hydrogen-bond donors (Lipinski definition) is 0. The second-order valence-electron chi connectivity index (χ2n) is 12.7. The van der Waals surface area contributed by atoms with Gasteiger partial charge in [0.25, 0.3) is 0 Å². The molecule has 1 heterocycles. The molecule has 0 saturated heterocycles. The highest BCUT2D eigenvalue weighted by molar-refractivity contribution is 6.22. The van der Waals surface area contributed by atoms with E-state index in [-0.39, 0.29) is 0 Å². The summed E-state index contributed by atoms with van der Waals surface area (Å²) in [5.74, 6) is 0.746. The quantitative estimate of drug-likeness (QED) is 0.176. The van der Waals surface area contributed by atoms with E-state index in [1.54, 1.807) is 0 Å². The number of hydrogen-bond acceptors (Lipinski definition) is 2. The Kier molecular flexibility index (Phi) is 6.93. The monoisotopic (exact) mass is 637 g/mol. The van der Waals surface area contributed by atoms with Crippen LogP contribution in [0.4, 0.5) is 0 Å². The third-order valence-corrected chi connectivity index (χ3v) is 9.97. The predicted octanol–water partition coefficient (Wildman–Crippen LogP) is 13.3. The fraction of sp³-hybridized carbons (Fsp3) is 0.0208. The number of benzene rings is 8. The number of nitrogens with zero attached hydrogens (tertiary/aromatic N) is 1. The van der Waals surface area contributed by atoms with Crippen molar-refractivity contribution in [3.63, 3.8) is 0 Å². The highest BCUT2D eigenvalue weighted by Crippen LogP contribution is 2.48.